The minimum atomic E-state index is -0.287. The van der Waals surface area contributed by atoms with Gasteiger partial charge in [-0.1, -0.05) is 35.9 Å². The van der Waals surface area contributed by atoms with Gasteiger partial charge in [0.05, 0.1) is 0 Å². The molecule has 3 aromatic carbocycles. The van der Waals surface area contributed by atoms with Gasteiger partial charge >= 0.3 is 0 Å². The van der Waals surface area contributed by atoms with Crippen molar-refractivity contribution in [2.45, 2.75) is 37.5 Å². The molecule has 0 atom stereocenters. The quantitative estimate of drug-likeness (QED) is 0.365. The summed E-state index contributed by atoms with van der Waals surface area (Å²) in [4.78, 5) is 0. The first-order chi connectivity index (χ1) is 15.1. The van der Waals surface area contributed by atoms with Gasteiger partial charge in [-0.05, 0) is 114 Å². The zero-order valence-corrected chi connectivity index (χ0v) is 17.9. The largest absolute Gasteiger partial charge is 0.207 e. The monoisotopic (exact) mass is 432 g/mol. The Labute approximate surface area is 186 Å². The number of halogens is 3. The maximum absolute atomic E-state index is 15.0. The molecule has 5 aliphatic carbocycles. The topological polar surface area (TPSA) is 0 Å². The van der Waals surface area contributed by atoms with E-state index in [1.54, 1.807) is 24.3 Å². The van der Waals surface area contributed by atoms with Crippen LogP contribution in [0.4, 0.5) is 8.78 Å². The van der Waals surface area contributed by atoms with Crippen LogP contribution in [0.2, 0.25) is 5.02 Å². The first kappa shape index (κ1) is 18.4. The lowest BCUT2D eigenvalue weighted by molar-refractivity contribution is -0.0397. The molecule has 4 saturated carbocycles. The Morgan fingerprint density at radius 2 is 1.29 bits per heavy atom. The van der Waals surface area contributed by atoms with Crippen LogP contribution >= 0.6 is 11.6 Å². The van der Waals surface area contributed by atoms with Crippen LogP contribution in [-0.2, 0) is 5.41 Å². The summed E-state index contributed by atoms with van der Waals surface area (Å²) < 4.78 is 29.5. The summed E-state index contributed by atoms with van der Waals surface area (Å²) in [5, 5.41) is 0.636. The molecule has 0 aromatic heterocycles. The third-order valence-electron chi connectivity index (χ3n) is 8.82. The second-order valence-corrected chi connectivity index (χ2v) is 10.6. The van der Waals surface area contributed by atoms with E-state index in [4.69, 9.17) is 11.6 Å². The molecule has 0 saturated heterocycles. The fraction of sp³-hybridized carbons (Fsp3) is 0.357. The molecule has 3 aromatic rings. The molecule has 8 rings (SSSR count). The molecule has 156 valence electrons. The van der Waals surface area contributed by atoms with E-state index >= 15 is 4.39 Å². The molecule has 0 radical (unpaired) electrons. The van der Waals surface area contributed by atoms with E-state index in [0.29, 0.717) is 16.9 Å². The average molecular weight is 433 g/mol. The highest BCUT2D eigenvalue weighted by Gasteiger charge is 2.62. The number of fused-ring (bicyclic) bond motifs is 3. The number of hydrogen-bond acceptors (Lipinski definition) is 0. The van der Waals surface area contributed by atoms with Crippen molar-refractivity contribution in [3.05, 3.63) is 82.4 Å². The van der Waals surface area contributed by atoms with Crippen molar-refractivity contribution in [2.75, 3.05) is 0 Å². The van der Waals surface area contributed by atoms with E-state index in [-0.39, 0.29) is 17.0 Å². The average Bonchev–Trinajstić information content (AvgIpc) is 3.02. The van der Waals surface area contributed by atoms with Crippen molar-refractivity contribution in [3.8, 4) is 22.3 Å². The van der Waals surface area contributed by atoms with Gasteiger partial charge in [0.1, 0.15) is 11.6 Å². The van der Waals surface area contributed by atoms with Crippen LogP contribution in [0.25, 0.3) is 22.3 Å². The molecule has 0 aliphatic heterocycles. The van der Waals surface area contributed by atoms with Crippen molar-refractivity contribution in [1.29, 1.82) is 0 Å². The molecule has 4 bridgehead atoms. The van der Waals surface area contributed by atoms with Gasteiger partial charge in [-0.2, -0.15) is 0 Å². The molecule has 4 fully saturated rings. The number of benzene rings is 3. The van der Waals surface area contributed by atoms with Crippen LogP contribution in [0.15, 0.2) is 54.6 Å². The normalized spacial score (nSPS) is 31.8. The van der Waals surface area contributed by atoms with E-state index in [0.717, 1.165) is 34.1 Å². The molecule has 5 aliphatic rings. The zero-order valence-electron chi connectivity index (χ0n) is 17.2. The van der Waals surface area contributed by atoms with Crippen LogP contribution in [0, 0.1) is 35.3 Å². The van der Waals surface area contributed by atoms with Crippen molar-refractivity contribution in [1.82, 2.24) is 0 Å². The summed E-state index contributed by atoms with van der Waals surface area (Å²) in [6.07, 6.45) is 6.27. The lowest BCUT2D eigenvalue weighted by atomic mass is 9.42. The fourth-order valence-corrected chi connectivity index (χ4v) is 8.40. The molecule has 0 N–H and O–H groups in total. The van der Waals surface area contributed by atoms with E-state index in [2.05, 4.69) is 0 Å². The van der Waals surface area contributed by atoms with E-state index in [1.165, 1.54) is 43.2 Å². The molecule has 1 spiro atoms. The SMILES string of the molecule is Fc1ccc2c(c1)-c1cc(F)cc(-c3ccccc3Cl)c1C21C2CC3CC(C2)CC1C3. The summed E-state index contributed by atoms with van der Waals surface area (Å²) in [7, 11) is 0. The summed E-state index contributed by atoms with van der Waals surface area (Å²) in [6.45, 7) is 0. The highest BCUT2D eigenvalue weighted by molar-refractivity contribution is 6.33. The molecule has 0 nitrogen and oxygen atoms in total. The number of rotatable bonds is 1. The zero-order chi connectivity index (χ0) is 20.9. The fourth-order valence-electron chi connectivity index (χ4n) is 8.17. The number of hydrogen-bond donors (Lipinski definition) is 0. The Hall–Kier alpha value is -2.19. The lowest BCUT2D eigenvalue weighted by Crippen LogP contribution is -2.55. The Bertz CT molecular complexity index is 1220. The second-order valence-electron chi connectivity index (χ2n) is 10.2. The van der Waals surface area contributed by atoms with Crippen molar-refractivity contribution in [3.63, 3.8) is 0 Å². The van der Waals surface area contributed by atoms with Crippen molar-refractivity contribution < 1.29 is 8.78 Å². The highest BCUT2D eigenvalue weighted by Crippen LogP contribution is 2.70. The predicted molar refractivity (Wildman–Crippen MR) is 120 cm³/mol. The Kier molecular flexibility index (Phi) is 3.67. The third kappa shape index (κ3) is 2.30. The Morgan fingerprint density at radius 3 is 1.97 bits per heavy atom. The van der Waals surface area contributed by atoms with Crippen LogP contribution in [0.5, 0.6) is 0 Å². The molecule has 3 heteroatoms. The first-order valence-electron chi connectivity index (χ1n) is 11.4. The highest BCUT2D eigenvalue weighted by atomic mass is 35.5. The summed E-state index contributed by atoms with van der Waals surface area (Å²) in [5.74, 6) is 2.14. The van der Waals surface area contributed by atoms with Gasteiger partial charge in [0.25, 0.3) is 0 Å². The first-order valence-corrected chi connectivity index (χ1v) is 11.8. The third-order valence-corrected chi connectivity index (χ3v) is 9.15. The van der Waals surface area contributed by atoms with Crippen molar-refractivity contribution >= 4 is 11.6 Å². The standard InChI is InChI=1S/C28H23ClF2/c29-26-4-2-1-3-21(26)23-13-20(31)14-24-22-12-19(30)5-6-25(22)28(27(23)24)17-8-15-7-16(10-17)11-18(28)9-15/h1-6,12-18H,7-11H2. The van der Waals surface area contributed by atoms with E-state index < -0.39 is 0 Å². The molecule has 0 amide bonds. The molecular weight excluding hydrogens is 410 g/mol. The molecular formula is C28H23ClF2. The van der Waals surface area contributed by atoms with E-state index in [1.807, 2.05) is 30.3 Å². The minimum absolute atomic E-state index is 0.159. The maximum Gasteiger partial charge on any atom is 0.124 e. The molecule has 0 unspecified atom stereocenters. The van der Waals surface area contributed by atoms with Crippen LogP contribution in [-0.4, -0.2) is 0 Å². The second kappa shape index (κ2) is 6.19. The van der Waals surface area contributed by atoms with Gasteiger partial charge in [0, 0.05) is 16.0 Å². The van der Waals surface area contributed by atoms with Crippen LogP contribution < -0.4 is 0 Å². The Morgan fingerprint density at radius 1 is 0.677 bits per heavy atom. The summed E-state index contributed by atoms with van der Waals surface area (Å²) >= 11 is 6.65. The summed E-state index contributed by atoms with van der Waals surface area (Å²) in [5.41, 5.74) is 5.79. The van der Waals surface area contributed by atoms with Gasteiger partial charge < -0.3 is 0 Å². The van der Waals surface area contributed by atoms with Crippen molar-refractivity contribution in [2.24, 2.45) is 23.7 Å². The van der Waals surface area contributed by atoms with E-state index in [9.17, 15) is 4.39 Å². The predicted octanol–water partition coefficient (Wildman–Crippen LogP) is 8.01. The smallest absolute Gasteiger partial charge is 0.124 e. The van der Waals surface area contributed by atoms with Crippen LogP contribution in [0.1, 0.15) is 43.2 Å². The van der Waals surface area contributed by atoms with Gasteiger partial charge in [-0.15, -0.1) is 0 Å². The van der Waals surface area contributed by atoms with Crippen LogP contribution in [0.3, 0.4) is 0 Å². The van der Waals surface area contributed by atoms with Gasteiger partial charge in [0.15, 0.2) is 0 Å². The summed E-state index contributed by atoms with van der Waals surface area (Å²) in [6, 6.07) is 16.3. The van der Waals surface area contributed by atoms with Gasteiger partial charge in [-0.3, -0.25) is 0 Å². The Balaban J connectivity index is 1.60. The van der Waals surface area contributed by atoms with Gasteiger partial charge in [-0.25, -0.2) is 8.78 Å². The molecule has 31 heavy (non-hydrogen) atoms. The minimum Gasteiger partial charge on any atom is -0.207 e. The lowest BCUT2D eigenvalue weighted by Gasteiger charge is -2.61. The maximum atomic E-state index is 15.0. The van der Waals surface area contributed by atoms with Gasteiger partial charge in [0.2, 0.25) is 0 Å². The molecule has 0 heterocycles.